The van der Waals surface area contributed by atoms with Gasteiger partial charge in [0.05, 0.1) is 31.5 Å². The number of hydrogen-bond donors (Lipinski definition) is 0. The van der Waals surface area contributed by atoms with Crippen molar-refractivity contribution in [3.05, 3.63) is 334 Å². The third-order valence-corrected chi connectivity index (χ3v) is 23.9. The quantitative estimate of drug-likeness (QED) is 0.126. The number of hydrogen-bond acceptors (Lipinski definition) is 12. The van der Waals surface area contributed by atoms with Crippen molar-refractivity contribution in [2.75, 3.05) is 0 Å². The number of aromatic nitrogens is 9. The molecule has 0 aliphatic heterocycles. The summed E-state index contributed by atoms with van der Waals surface area (Å²) in [5.41, 5.74) is 18.2. The third kappa shape index (κ3) is 11.3. The largest absolute Gasteiger partial charge is 0.278 e. The van der Waals surface area contributed by atoms with Crippen molar-refractivity contribution in [1.29, 1.82) is 0 Å². The lowest BCUT2D eigenvalue weighted by Crippen LogP contribution is -2.06. The minimum atomic E-state index is 0.593. The van der Waals surface area contributed by atoms with Crippen molar-refractivity contribution in [2.45, 2.75) is 0 Å². The molecule has 0 aliphatic carbocycles. The molecule has 0 unspecified atom stereocenters. The first-order chi connectivity index (χ1) is 52.0. The lowest BCUT2D eigenvalue weighted by Gasteiger charge is -2.11. The summed E-state index contributed by atoms with van der Waals surface area (Å²) < 4.78 is 9.41. The number of thiophene rings is 2. The van der Waals surface area contributed by atoms with E-state index < -0.39 is 0 Å². The van der Waals surface area contributed by atoms with Gasteiger partial charge >= 0.3 is 0 Å². The Hall–Kier alpha value is -12.9. The Kier molecular flexibility index (Phi) is 15.4. The summed E-state index contributed by atoms with van der Waals surface area (Å²) in [5.74, 6) is 3.82. The van der Waals surface area contributed by atoms with E-state index in [2.05, 4.69) is 284 Å². The van der Waals surface area contributed by atoms with Gasteiger partial charge in [0, 0.05) is 90.1 Å². The van der Waals surface area contributed by atoms with Crippen LogP contribution in [0.15, 0.2) is 334 Å². The molecule has 492 valence electrons. The van der Waals surface area contributed by atoms with Gasteiger partial charge in [-0.3, -0.25) is 4.57 Å². The minimum Gasteiger partial charge on any atom is -0.278 e. The second-order valence-electron chi connectivity index (χ2n) is 25.7. The maximum Gasteiger partial charge on any atom is 0.238 e. The topological polar surface area (TPSA) is 108 Å². The van der Waals surface area contributed by atoms with E-state index in [4.69, 9.17) is 39.9 Å². The highest BCUT2D eigenvalue weighted by Crippen LogP contribution is 2.47. The molecule has 13 heteroatoms. The van der Waals surface area contributed by atoms with Crippen LogP contribution in [0.3, 0.4) is 0 Å². The minimum absolute atomic E-state index is 0.593. The second-order valence-corrected chi connectivity index (χ2v) is 29.9. The van der Waals surface area contributed by atoms with Gasteiger partial charge in [-0.1, -0.05) is 267 Å². The van der Waals surface area contributed by atoms with E-state index in [1.807, 2.05) is 77.3 Å². The van der Waals surface area contributed by atoms with Gasteiger partial charge in [-0.25, -0.2) is 29.9 Å². The van der Waals surface area contributed by atoms with Gasteiger partial charge in [-0.2, -0.15) is 9.97 Å². The van der Waals surface area contributed by atoms with Crippen molar-refractivity contribution >= 4 is 128 Å². The van der Waals surface area contributed by atoms with Gasteiger partial charge in [-0.15, -0.1) is 45.3 Å². The molecule has 9 nitrogen and oxygen atoms in total. The molecule has 0 aliphatic rings. The predicted octanol–water partition coefficient (Wildman–Crippen LogP) is 25.5. The van der Waals surface area contributed by atoms with Crippen LogP contribution >= 0.6 is 45.3 Å². The van der Waals surface area contributed by atoms with Gasteiger partial charge in [0.15, 0.2) is 29.1 Å². The van der Waals surface area contributed by atoms with Crippen molar-refractivity contribution in [2.24, 2.45) is 0 Å². The lowest BCUT2D eigenvalue weighted by molar-refractivity contribution is 0.954. The number of nitrogens with zero attached hydrogens (tertiary/aromatic N) is 9. The summed E-state index contributed by atoms with van der Waals surface area (Å²) in [7, 11) is 0. The molecule has 0 saturated heterocycles. The number of para-hydroxylation sites is 4. The van der Waals surface area contributed by atoms with E-state index in [0.29, 0.717) is 35.1 Å². The highest BCUT2D eigenvalue weighted by molar-refractivity contribution is 7.27. The van der Waals surface area contributed by atoms with E-state index >= 15 is 0 Å². The second kappa shape index (κ2) is 26.2. The molecule has 105 heavy (non-hydrogen) atoms. The molecule has 0 spiro atoms. The fraction of sp³-hybridized carbons (Fsp3) is 0. The van der Waals surface area contributed by atoms with Gasteiger partial charge in [0.1, 0.15) is 10.0 Å². The SMILES string of the molecule is c1ccc(-c2cccc(-c3nc(-c4ccccc4)nc(-c4cccc5sc6c(-c7cccc(-c8nc9ccccc9s8)c7)cccc6c45)n3)c2)cc1.c1ccc(-c2nc(-c3cccc4sc5c(-c6cccc(-c7nc8ccccc8s7)c6)cccc5c34)nc(-n3c4ccccc4c4ccccc43)n2)cc1. The van der Waals surface area contributed by atoms with E-state index in [1.54, 1.807) is 22.7 Å². The summed E-state index contributed by atoms with van der Waals surface area (Å²) in [4.78, 5) is 40.9. The summed E-state index contributed by atoms with van der Waals surface area (Å²) in [6, 6.07) is 116. The first-order valence-electron chi connectivity index (χ1n) is 34.6. The molecule has 0 fully saturated rings. The fourth-order valence-corrected chi connectivity index (χ4v) is 18.9. The van der Waals surface area contributed by atoms with E-state index in [0.717, 1.165) is 104 Å². The fourth-order valence-electron chi connectivity index (χ4n) is 14.4. The van der Waals surface area contributed by atoms with Crippen LogP contribution in [0.5, 0.6) is 0 Å². The van der Waals surface area contributed by atoms with Crippen molar-refractivity contribution in [3.63, 3.8) is 0 Å². The Morgan fingerprint density at radius 1 is 0.210 bits per heavy atom. The van der Waals surface area contributed by atoms with E-state index in [9.17, 15) is 0 Å². The number of fused-ring (bicyclic) bond motifs is 11. The highest BCUT2D eigenvalue weighted by Gasteiger charge is 2.24. The van der Waals surface area contributed by atoms with Crippen LogP contribution in [-0.4, -0.2) is 44.4 Å². The van der Waals surface area contributed by atoms with Crippen LogP contribution in [0, 0.1) is 0 Å². The summed E-state index contributed by atoms with van der Waals surface area (Å²) in [6.45, 7) is 0. The molecule has 0 radical (unpaired) electrons. The Morgan fingerprint density at radius 3 is 1.08 bits per heavy atom. The van der Waals surface area contributed by atoms with Crippen LogP contribution in [-0.2, 0) is 0 Å². The van der Waals surface area contributed by atoms with Gasteiger partial charge in [0.2, 0.25) is 5.95 Å². The zero-order chi connectivity index (χ0) is 69.3. The summed E-state index contributed by atoms with van der Waals surface area (Å²) in [5, 5.41) is 9.06. The molecule has 7 aromatic heterocycles. The van der Waals surface area contributed by atoms with Crippen LogP contribution in [0.1, 0.15) is 0 Å². The number of thiazole rings is 2. The lowest BCUT2D eigenvalue weighted by atomic mass is 9.99. The normalized spacial score (nSPS) is 11.6. The number of benzene rings is 14. The third-order valence-electron chi connectivity index (χ3n) is 19.3. The molecule has 0 saturated carbocycles. The van der Waals surface area contributed by atoms with Gasteiger partial charge < -0.3 is 0 Å². The average Bonchev–Trinajstić information content (AvgIpc) is 1.62. The zero-order valence-corrected chi connectivity index (χ0v) is 59.2. The standard InChI is InChI=1S/C46H27N5S2.C46H28N4S2/c1-2-13-28(14-3-1)43-48-44(50-46(49-43)51-37-23-7-4-17-32(37)33-18-5-8-24-38(33)51)35-21-12-26-40-41(35)34-20-11-19-31(42(34)52-40)29-15-10-16-30(27-29)45-47-36-22-6-9-25-39(36)53-45;1-3-13-29(14-4-1)31-17-9-19-33(27-31)44-48-43(30-15-5-2-6-16-30)49-45(50-44)37-23-12-26-40-41(37)36-22-11-21-35(42(36)51-40)32-18-10-20-34(28-32)46-47-38-24-7-8-25-39(38)52-46/h1-27H;1-28H. The first-order valence-corrected chi connectivity index (χ1v) is 37.9. The van der Waals surface area contributed by atoms with Crippen molar-refractivity contribution < 1.29 is 0 Å². The molecular formula is C92H55N9S4. The smallest absolute Gasteiger partial charge is 0.238 e. The van der Waals surface area contributed by atoms with Crippen LogP contribution in [0.2, 0.25) is 0 Å². The molecule has 7 heterocycles. The molecule has 14 aromatic carbocycles. The van der Waals surface area contributed by atoms with Crippen molar-refractivity contribution in [3.8, 4) is 117 Å². The molecule has 21 aromatic rings. The van der Waals surface area contributed by atoms with E-state index in [1.165, 1.54) is 61.2 Å². The molecule has 21 rings (SSSR count). The maximum atomic E-state index is 5.29. The first kappa shape index (κ1) is 61.9. The van der Waals surface area contributed by atoms with Crippen LogP contribution in [0.4, 0.5) is 0 Å². The van der Waals surface area contributed by atoms with E-state index in [-0.39, 0.29) is 0 Å². The van der Waals surface area contributed by atoms with Gasteiger partial charge in [-0.05, 0) is 100 Å². The summed E-state index contributed by atoms with van der Waals surface area (Å²) >= 11 is 7.09. The highest BCUT2D eigenvalue weighted by atomic mass is 32.1. The number of rotatable bonds is 11. The Balaban J connectivity index is 0.000000139. The molecule has 0 atom stereocenters. The molecule has 0 N–H and O–H groups in total. The predicted molar refractivity (Wildman–Crippen MR) is 440 cm³/mol. The van der Waals surface area contributed by atoms with Crippen molar-refractivity contribution in [1.82, 2.24) is 44.4 Å². The molecular weight excluding hydrogens is 1360 g/mol. The van der Waals surface area contributed by atoms with Gasteiger partial charge in [0.25, 0.3) is 0 Å². The Labute approximate surface area is 618 Å². The molecule has 0 bridgehead atoms. The Bertz CT molecular complexity index is 6820. The Morgan fingerprint density at radius 2 is 0.552 bits per heavy atom. The average molecular weight is 1410 g/mol. The molecule has 0 amide bonds. The van der Waals surface area contributed by atoms with Crippen LogP contribution in [0.25, 0.3) is 200 Å². The van der Waals surface area contributed by atoms with Crippen LogP contribution < -0.4 is 0 Å². The maximum absolute atomic E-state index is 5.29. The monoisotopic (exact) mass is 1410 g/mol. The zero-order valence-electron chi connectivity index (χ0n) is 55.9. The summed E-state index contributed by atoms with van der Waals surface area (Å²) in [6.07, 6.45) is 0.